The van der Waals surface area contributed by atoms with Crippen LogP contribution in [0.4, 0.5) is 4.39 Å². The van der Waals surface area contributed by atoms with Crippen LogP contribution in [0.15, 0.2) is 36.7 Å². The third-order valence-corrected chi connectivity index (χ3v) is 8.67. The van der Waals surface area contributed by atoms with E-state index in [1.54, 1.807) is 6.07 Å². The van der Waals surface area contributed by atoms with Crippen molar-refractivity contribution in [3.63, 3.8) is 0 Å². The van der Waals surface area contributed by atoms with E-state index in [1.807, 2.05) is 13.0 Å². The molecule has 2 atom stereocenters. The average Bonchev–Trinajstić information content (AvgIpc) is 3.57. The van der Waals surface area contributed by atoms with Crippen LogP contribution in [0.5, 0.6) is 0 Å². The molecule has 1 aromatic heterocycles. The Balaban J connectivity index is 1.42. The number of likely N-dealkylation sites (tertiary alicyclic amines) is 1. The summed E-state index contributed by atoms with van der Waals surface area (Å²) < 4.78 is 42.6. The SMILES string of the molecule is C=C(C[C@H](NS(=O)(=O)CCC1CC1)C(=O)NCc1ncc(-c2ccc(C)cc2F)[nH]1)N1CCCC[C@@H]1C. The van der Waals surface area contributed by atoms with Crippen LogP contribution in [0.3, 0.4) is 0 Å². The van der Waals surface area contributed by atoms with Crippen LogP contribution in [0.25, 0.3) is 11.3 Å². The van der Waals surface area contributed by atoms with Crippen LogP contribution in [0.1, 0.15) is 63.3 Å². The zero-order chi connectivity index (χ0) is 26.6. The molecule has 1 saturated carbocycles. The first-order valence-corrected chi connectivity index (χ1v) is 14.8. The van der Waals surface area contributed by atoms with E-state index in [0.29, 0.717) is 35.5 Å². The molecule has 37 heavy (non-hydrogen) atoms. The molecule has 2 heterocycles. The van der Waals surface area contributed by atoms with Gasteiger partial charge in [0.05, 0.1) is 24.2 Å². The number of piperidine rings is 1. The number of aromatic amines is 1. The zero-order valence-corrected chi connectivity index (χ0v) is 22.5. The number of aromatic nitrogens is 2. The fourth-order valence-corrected chi connectivity index (χ4v) is 6.22. The van der Waals surface area contributed by atoms with Crippen molar-refractivity contribution in [3.8, 4) is 11.3 Å². The van der Waals surface area contributed by atoms with Gasteiger partial charge in [0.25, 0.3) is 0 Å². The van der Waals surface area contributed by atoms with Crippen molar-refractivity contribution in [2.75, 3.05) is 12.3 Å². The van der Waals surface area contributed by atoms with Gasteiger partial charge in [-0.25, -0.2) is 22.5 Å². The molecule has 2 aromatic rings. The first-order valence-electron chi connectivity index (χ1n) is 13.1. The second-order valence-electron chi connectivity index (χ2n) is 10.5. The van der Waals surface area contributed by atoms with E-state index < -0.39 is 22.0 Å². The number of halogens is 1. The second kappa shape index (κ2) is 11.8. The Labute approximate surface area is 219 Å². The fraction of sp³-hybridized carbons (Fsp3) is 0.556. The van der Waals surface area contributed by atoms with Crippen LogP contribution in [-0.4, -0.2) is 53.6 Å². The van der Waals surface area contributed by atoms with Gasteiger partial charge in [-0.05, 0) is 63.1 Å². The number of imidazole rings is 1. The predicted octanol–water partition coefficient (Wildman–Crippen LogP) is 4.01. The summed E-state index contributed by atoms with van der Waals surface area (Å²) in [7, 11) is -3.63. The second-order valence-corrected chi connectivity index (χ2v) is 12.3. The third kappa shape index (κ3) is 7.64. The number of aryl methyl sites for hydroxylation is 1. The Morgan fingerprint density at radius 3 is 2.78 bits per heavy atom. The van der Waals surface area contributed by atoms with Crippen molar-refractivity contribution >= 4 is 15.9 Å². The highest BCUT2D eigenvalue weighted by Gasteiger charge is 2.30. The standard InChI is InChI=1S/C27H38FN5O3S/c1-18-7-10-22(23(28)14-18)25-16-29-26(31-25)17-30-27(34)24(32-37(35,36)13-11-21-8-9-21)15-20(3)33-12-5-4-6-19(33)2/h7,10,14,16,19,21,24,32H,3-6,8-9,11-13,15,17H2,1-2H3,(H,29,31)(H,30,34)/t19-,24-/m0/s1. The monoisotopic (exact) mass is 531 g/mol. The zero-order valence-electron chi connectivity index (χ0n) is 21.7. The number of benzene rings is 1. The van der Waals surface area contributed by atoms with Crippen LogP contribution in [-0.2, 0) is 21.4 Å². The highest BCUT2D eigenvalue weighted by atomic mass is 32.2. The maximum atomic E-state index is 14.3. The number of carbonyl (C=O) groups excluding carboxylic acids is 1. The number of rotatable bonds is 12. The van der Waals surface area contributed by atoms with Gasteiger partial charge in [-0.15, -0.1) is 0 Å². The van der Waals surface area contributed by atoms with Gasteiger partial charge in [-0.3, -0.25) is 4.79 Å². The van der Waals surface area contributed by atoms with Crippen molar-refractivity contribution < 1.29 is 17.6 Å². The Kier molecular flexibility index (Phi) is 8.69. The lowest BCUT2D eigenvalue weighted by atomic mass is 10.0. The number of carbonyl (C=O) groups is 1. The van der Waals surface area contributed by atoms with Crippen molar-refractivity contribution in [1.29, 1.82) is 0 Å². The van der Waals surface area contributed by atoms with Gasteiger partial charge in [0.2, 0.25) is 15.9 Å². The Hall–Kier alpha value is -2.72. The number of H-pyrrole nitrogens is 1. The van der Waals surface area contributed by atoms with Crippen molar-refractivity contribution in [2.45, 2.75) is 77.4 Å². The molecule has 202 valence electrons. The number of amides is 1. The molecule has 0 unspecified atom stereocenters. The predicted molar refractivity (Wildman–Crippen MR) is 142 cm³/mol. The summed E-state index contributed by atoms with van der Waals surface area (Å²) in [4.78, 5) is 22.7. The molecule has 1 saturated heterocycles. The van der Waals surface area contributed by atoms with Crippen molar-refractivity contribution in [3.05, 3.63) is 53.9 Å². The average molecular weight is 532 g/mol. The fourth-order valence-electron chi connectivity index (χ4n) is 4.83. The molecular formula is C27H38FN5O3S. The van der Waals surface area contributed by atoms with Gasteiger partial charge in [-0.2, -0.15) is 0 Å². The molecule has 4 rings (SSSR count). The molecule has 8 nitrogen and oxygen atoms in total. The molecule has 1 aromatic carbocycles. The van der Waals surface area contributed by atoms with Gasteiger partial charge >= 0.3 is 0 Å². The van der Waals surface area contributed by atoms with E-state index in [0.717, 1.165) is 49.9 Å². The summed E-state index contributed by atoms with van der Waals surface area (Å²) >= 11 is 0. The van der Waals surface area contributed by atoms with E-state index in [4.69, 9.17) is 0 Å². The first kappa shape index (κ1) is 27.3. The highest BCUT2D eigenvalue weighted by Crippen LogP contribution is 2.32. The number of nitrogens with zero attached hydrogens (tertiary/aromatic N) is 2. The topological polar surface area (TPSA) is 107 Å². The van der Waals surface area contributed by atoms with E-state index in [2.05, 4.69) is 38.4 Å². The number of nitrogens with one attached hydrogen (secondary N) is 3. The summed E-state index contributed by atoms with van der Waals surface area (Å²) in [5.74, 6) is 0.129. The molecule has 3 N–H and O–H groups in total. The molecule has 1 aliphatic carbocycles. The Morgan fingerprint density at radius 2 is 2.08 bits per heavy atom. The molecule has 10 heteroatoms. The molecule has 2 fully saturated rings. The maximum absolute atomic E-state index is 14.3. The third-order valence-electron chi connectivity index (χ3n) is 7.25. The minimum absolute atomic E-state index is 0.0116. The number of hydrogen-bond donors (Lipinski definition) is 3. The Morgan fingerprint density at radius 1 is 1.30 bits per heavy atom. The van der Waals surface area contributed by atoms with E-state index in [9.17, 15) is 17.6 Å². The molecule has 2 aliphatic rings. The van der Waals surface area contributed by atoms with E-state index >= 15 is 0 Å². The van der Waals surface area contributed by atoms with Gasteiger partial charge in [0, 0.05) is 30.3 Å². The Bertz CT molecular complexity index is 1220. The quantitative estimate of drug-likeness (QED) is 0.384. The summed E-state index contributed by atoms with van der Waals surface area (Å²) in [5.41, 5.74) is 2.47. The molecule has 0 spiro atoms. The molecular weight excluding hydrogens is 493 g/mol. The van der Waals surface area contributed by atoms with E-state index in [-0.39, 0.29) is 24.5 Å². The highest BCUT2D eigenvalue weighted by molar-refractivity contribution is 7.89. The maximum Gasteiger partial charge on any atom is 0.238 e. The molecule has 1 aliphatic heterocycles. The molecule has 0 radical (unpaired) electrons. The largest absolute Gasteiger partial charge is 0.373 e. The van der Waals surface area contributed by atoms with Gasteiger partial charge < -0.3 is 15.2 Å². The molecule has 0 bridgehead atoms. The lowest BCUT2D eigenvalue weighted by molar-refractivity contribution is -0.123. The van der Waals surface area contributed by atoms with Gasteiger partial charge in [0.1, 0.15) is 17.7 Å². The normalized spacial score (nSPS) is 19.0. The lowest BCUT2D eigenvalue weighted by Crippen LogP contribution is -2.49. The summed E-state index contributed by atoms with van der Waals surface area (Å²) in [5, 5.41) is 2.79. The number of sulfonamides is 1. The van der Waals surface area contributed by atoms with Gasteiger partial charge in [0.15, 0.2) is 0 Å². The number of hydrogen-bond acceptors (Lipinski definition) is 5. The lowest BCUT2D eigenvalue weighted by Gasteiger charge is -2.37. The van der Waals surface area contributed by atoms with Crippen LogP contribution in [0.2, 0.25) is 0 Å². The minimum atomic E-state index is -3.63. The van der Waals surface area contributed by atoms with Crippen molar-refractivity contribution in [2.24, 2.45) is 5.92 Å². The van der Waals surface area contributed by atoms with E-state index in [1.165, 1.54) is 12.3 Å². The summed E-state index contributed by atoms with van der Waals surface area (Å²) in [6.45, 7) is 9.05. The minimum Gasteiger partial charge on any atom is -0.373 e. The first-order chi connectivity index (χ1) is 17.6. The smallest absolute Gasteiger partial charge is 0.238 e. The summed E-state index contributed by atoms with van der Waals surface area (Å²) in [6.07, 6.45) is 7.71. The van der Waals surface area contributed by atoms with Crippen LogP contribution >= 0.6 is 0 Å². The van der Waals surface area contributed by atoms with Crippen LogP contribution in [0, 0.1) is 18.7 Å². The van der Waals surface area contributed by atoms with Crippen LogP contribution < -0.4 is 10.0 Å². The molecule has 1 amide bonds. The summed E-state index contributed by atoms with van der Waals surface area (Å²) in [6, 6.07) is 4.28. The van der Waals surface area contributed by atoms with Gasteiger partial charge in [-0.1, -0.05) is 25.5 Å². The van der Waals surface area contributed by atoms with Crippen molar-refractivity contribution in [1.82, 2.24) is 24.9 Å².